The van der Waals surface area contributed by atoms with E-state index in [1.165, 1.54) is 0 Å². The molecule has 0 radical (unpaired) electrons. The van der Waals surface area contributed by atoms with E-state index in [2.05, 4.69) is 10.2 Å². The minimum Gasteiger partial charge on any atom is -0.383 e. The van der Waals surface area contributed by atoms with Crippen LogP contribution >= 0.6 is 24.8 Å². The monoisotopic (exact) mass is 345 g/mol. The zero-order valence-corrected chi connectivity index (χ0v) is 14.5. The molecule has 0 aromatic heterocycles. The SMILES string of the molecule is COCCN(C)CCNC(=O)C(N)C1CCOCC1.Cl.Cl. The summed E-state index contributed by atoms with van der Waals surface area (Å²) < 4.78 is 10.3. The highest BCUT2D eigenvalue weighted by Crippen LogP contribution is 2.17. The molecule has 1 saturated heterocycles. The van der Waals surface area contributed by atoms with E-state index in [0.717, 1.165) is 25.9 Å². The first-order valence-electron chi connectivity index (χ1n) is 6.93. The molecule has 1 heterocycles. The van der Waals surface area contributed by atoms with Gasteiger partial charge >= 0.3 is 0 Å². The van der Waals surface area contributed by atoms with Gasteiger partial charge in [0, 0.05) is 40.0 Å². The third-order valence-electron chi connectivity index (χ3n) is 3.55. The van der Waals surface area contributed by atoms with Crippen molar-refractivity contribution in [1.29, 1.82) is 0 Å². The lowest BCUT2D eigenvalue weighted by atomic mass is 9.92. The van der Waals surface area contributed by atoms with Crippen molar-refractivity contribution in [2.75, 3.05) is 53.6 Å². The highest BCUT2D eigenvalue weighted by atomic mass is 35.5. The lowest BCUT2D eigenvalue weighted by molar-refractivity contribution is -0.124. The first-order chi connectivity index (χ1) is 9.15. The third-order valence-corrected chi connectivity index (χ3v) is 3.55. The van der Waals surface area contributed by atoms with Gasteiger partial charge in [-0.1, -0.05) is 0 Å². The van der Waals surface area contributed by atoms with Gasteiger partial charge in [0.25, 0.3) is 0 Å². The van der Waals surface area contributed by atoms with Gasteiger partial charge in [-0.3, -0.25) is 4.79 Å². The molecule has 1 unspecified atom stereocenters. The summed E-state index contributed by atoms with van der Waals surface area (Å²) in [4.78, 5) is 14.0. The molecule has 0 aliphatic carbocycles. The lowest BCUT2D eigenvalue weighted by Gasteiger charge is -2.27. The van der Waals surface area contributed by atoms with Crippen LogP contribution in [0, 0.1) is 5.92 Å². The number of nitrogens with one attached hydrogen (secondary N) is 1. The minimum absolute atomic E-state index is 0. The fraction of sp³-hybridized carbons (Fsp3) is 0.923. The predicted octanol–water partition coefficient (Wildman–Crippen LogP) is 0.278. The van der Waals surface area contributed by atoms with Crippen molar-refractivity contribution in [2.24, 2.45) is 11.7 Å². The van der Waals surface area contributed by atoms with Crippen LogP contribution in [0.2, 0.25) is 0 Å². The van der Waals surface area contributed by atoms with Crippen molar-refractivity contribution in [3.8, 4) is 0 Å². The van der Waals surface area contributed by atoms with E-state index in [-0.39, 0.29) is 36.6 Å². The molecular weight excluding hydrogens is 317 g/mol. The normalized spacial score (nSPS) is 16.8. The Bertz CT molecular complexity index is 267. The lowest BCUT2D eigenvalue weighted by Crippen LogP contribution is -2.48. The van der Waals surface area contributed by atoms with Gasteiger partial charge in [0.05, 0.1) is 12.6 Å². The Morgan fingerprint density at radius 2 is 2.00 bits per heavy atom. The molecule has 0 aromatic rings. The molecule has 1 aliphatic rings. The number of nitrogens with zero attached hydrogens (tertiary/aromatic N) is 1. The van der Waals surface area contributed by atoms with E-state index < -0.39 is 6.04 Å². The van der Waals surface area contributed by atoms with E-state index >= 15 is 0 Å². The second-order valence-corrected chi connectivity index (χ2v) is 5.06. The third kappa shape index (κ3) is 9.50. The zero-order valence-electron chi connectivity index (χ0n) is 12.9. The van der Waals surface area contributed by atoms with Crippen LogP contribution in [-0.2, 0) is 14.3 Å². The molecule has 8 heteroatoms. The van der Waals surface area contributed by atoms with Crippen LogP contribution in [0.15, 0.2) is 0 Å². The van der Waals surface area contributed by atoms with Gasteiger partial charge < -0.3 is 25.4 Å². The van der Waals surface area contributed by atoms with Gasteiger partial charge in [-0.15, -0.1) is 24.8 Å². The largest absolute Gasteiger partial charge is 0.383 e. The average Bonchev–Trinajstić information content (AvgIpc) is 2.45. The summed E-state index contributed by atoms with van der Waals surface area (Å²) in [6, 6.07) is -0.409. The first-order valence-corrected chi connectivity index (χ1v) is 6.93. The number of ether oxygens (including phenoxy) is 2. The molecule has 128 valence electrons. The van der Waals surface area contributed by atoms with Gasteiger partial charge in [-0.2, -0.15) is 0 Å². The first kappa shape index (κ1) is 23.2. The van der Waals surface area contributed by atoms with E-state index in [9.17, 15) is 4.79 Å². The van der Waals surface area contributed by atoms with Gasteiger partial charge in [0.2, 0.25) is 5.91 Å². The molecule has 1 rings (SSSR count). The molecule has 0 saturated carbocycles. The average molecular weight is 346 g/mol. The van der Waals surface area contributed by atoms with Crippen LogP contribution in [0.3, 0.4) is 0 Å². The number of methoxy groups -OCH3 is 1. The molecule has 0 spiro atoms. The second kappa shape index (κ2) is 13.5. The Morgan fingerprint density at radius 1 is 1.38 bits per heavy atom. The number of hydrogen-bond acceptors (Lipinski definition) is 5. The summed E-state index contributed by atoms with van der Waals surface area (Å²) >= 11 is 0. The van der Waals surface area contributed by atoms with Gasteiger partial charge in [-0.25, -0.2) is 0 Å². The standard InChI is InChI=1S/C13H27N3O3.2ClH/c1-16(7-10-18-2)6-5-15-13(17)12(14)11-3-8-19-9-4-11;;/h11-12H,3-10,14H2,1-2H3,(H,15,17);2*1H. The highest BCUT2D eigenvalue weighted by molar-refractivity contribution is 5.85. The van der Waals surface area contributed by atoms with E-state index in [4.69, 9.17) is 15.2 Å². The van der Waals surface area contributed by atoms with Gasteiger partial charge in [0.15, 0.2) is 0 Å². The summed E-state index contributed by atoms with van der Waals surface area (Å²) in [7, 11) is 3.69. The Hall–Kier alpha value is -0.110. The van der Waals surface area contributed by atoms with Crippen LogP contribution in [-0.4, -0.2) is 70.5 Å². The number of likely N-dealkylation sites (N-methyl/N-ethyl adjacent to an activating group) is 1. The van der Waals surface area contributed by atoms with Gasteiger partial charge in [-0.05, 0) is 25.8 Å². The smallest absolute Gasteiger partial charge is 0.237 e. The van der Waals surface area contributed by atoms with Crippen LogP contribution in [0.25, 0.3) is 0 Å². The van der Waals surface area contributed by atoms with Crippen molar-refractivity contribution < 1.29 is 14.3 Å². The van der Waals surface area contributed by atoms with Crippen LogP contribution in [0.4, 0.5) is 0 Å². The predicted molar refractivity (Wildman–Crippen MR) is 88.4 cm³/mol. The number of hydrogen-bond donors (Lipinski definition) is 2. The van der Waals surface area contributed by atoms with Crippen molar-refractivity contribution in [3.63, 3.8) is 0 Å². The summed E-state index contributed by atoms with van der Waals surface area (Å²) in [5.41, 5.74) is 5.99. The maximum atomic E-state index is 11.9. The number of nitrogens with two attached hydrogens (primary N) is 1. The molecular formula is C13H29Cl2N3O3. The highest BCUT2D eigenvalue weighted by Gasteiger charge is 2.26. The molecule has 21 heavy (non-hydrogen) atoms. The van der Waals surface area contributed by atoms with Crippen LogP contribution < -0.4 is 11.1 Å². The van der Waals surface area contributed by atoms with Crippen molar-refractivity contribution in [1.82, 2.24) is 10.2 Å². The fourth-order valence-electron chi connectivity index (χ4n) is 2.14. The Morgan fingerprint density at radius 3 is 2.57 bits per heavy atom. The molecule has 6 nitrogen and oxygen atoms in total. The van der Waals surface area contributed by atoms with E-state index in [1.54, 1.807) is 7.11 Å². The Kier molecular flexibility index (Phi) is 14.9. The van der Waals surface area contributed by atoms with Crippen molar-refractivity contribution >= 4 is 30.7 Å². The summed E-state index contributed by atoms with van der Waals surface area (Å²) in [5.74, 6) is 0.201. The molecule has 1 aliphatic heterocycles. The van der Waals surface area contributed by atoms with Crippen LogP contribution in [0.5, 0.6) is 0 Å². The molecule has 1 atom stereocenters. The van der Waals surface area contributed by atoms with Gasteiger partial charge in [0.1, 0.15) is 0 Å². The summed E-state index contributed by atoms with van der Waals surface area (Å²) in [6.07, 6.45) is 1.75. The fourth-order valence-corrected chi connectivity index (χ4v) is 2.14. The van der Waals surface area contributed by atoms with Crippen LogP contribution in [0.1, 0.15) is 12.8 Å². The number of rotatable bonds is 8. The molecule has 0 bridgehead atoms. The number of carbonyl (C=O) groups is 1. The Labute approximate surface area is 139 Å². The Balaban J connectivity index is 0. The molecule has 0 aromatic carbocycles. The van der Waals surface area contributed by atoms with Crippen molar-refractivity contribution in [2.45, 2.75) is 18.9 Å². The topological polar surface area (TPSA) is 76.8 Å². The molecule has 1 fully saturated rings. The molecule has 3 N–H and O–H groups in total. The summed E-state index contributed by atoms with van der Waals surface area (Å²) in [5, 5.41) is 2.90. The summed E-state index contributed by atoms with van der Waals surface area (Å²) in [6.45, 7) is 4.41. The minimum atomic E-state index is -0.409. The maximum absolute atomic E-state index is 11.9. The zero-order chi connectivity index (χ0) is 14.1. The number of amides is 1. The van der Waals surface area contributed by atoms with E-state index in [0.29, 0.717) is 26.4 Å². The van der Waals surface area contributed by atoms with Crippen molar-refractivity contribution in [3.05, 3.63) is 0 Å². The maximum Gasteiger partial charge on any atom is 0.237 e. The second-order valence-electron chi connectivity index (χ2n) is 5.06. The van der Waals surface area contributed by atoms with E-state index in [1.807, 2.05) is 7.05 Å². The number of carbonyl (C=O) groups excluding carboxylic acids is 1. The molecule has 1 amide bonds. The quantitative estimate of drug-likeness (QED) is 0.660. The number of halogens is 2.